The summed E-state index contributed by atoms with van der Waals surface area (Å²) >= 11 is 0. The second-order valence-electron chi connectivity index (χ2n) is 26.5. The third kappa shape index (κ3) is 9.41. The van der Waals surface area contributed by atoms with Crippen LogP contribution in [-0.4, -0.2) is 42.4 Å². The first-order chi connectivity index (χ1) is 40.7. The van der Waals surface area contributed by atoms with Gasteiger partial charge in [0.25, 0.3) is 0 Å². The summed E-state index contributed by atoms with van der Waals surface area (Å²) in [6.45, 7) is 18.2. The van der Waals surface area contributed by atoms with Crippen molar-refractivity contribution >= 4 is 55.6 Å². The predicted octanol–water partition coefficient (Wildman–Crippen LogP) is 17.6. The monoisotopic (exact) mass is 1120 g/mol. The first-order valence-corrected chi connectivity index (χ1v) is 31.5. The molecule has 12 atom stereocenters. The normalized spacial score (nSPS) is 25.8. The molecule has 0 spiro atoms. The van der Waals surface area contributed by atoms with Crippen LogP contribution in [0, 0.1) is 61.2 Å². The number of rotatable bonds is 10. The molecule has 0 N–H and O–H groups in total. The van der Waals surface area contributed by atoms with Gasteiger partial charge in [-0.05, 0) is 122 Å². The molecule has 8 nitrogen and oxygen atoms in total. The summed E-state index contributed by atoms with van der Waals surface area (Å²) in [5.74, 6) is 1.84. The number of aryl methyl sites for hydroxylation is 4. The second-order valence-corrected chi connectivity index (χ2v) is 26.5. The highest BCUT2D eigenvalue weighted by molar-refractivity contribution is 5.93. The number of ether oxygens (including phenoxy) is 2. The van der Waals surface area contributed by atoms with Gasteiger partial charge >= 0.3 is 11.9 Å². The van der Waals surface area contributed by atoms with Crippen LogP contribution in [0.5, 0.6) is 0 Å². The van der Waals surface area contributed by atoms with E-state index in [2.05, 4.69) is 258 Å². The maximum absolute atomic E-state index is 14.9. The van der Waals surface area contributed by atoms with E-state index in [1.165, 1.54) is 101 Å². The van der Waals surface area contributed by atoms with Crippen molar-refractivity contribution in [2.24, 2.45) is 61.4 Å². The molecule has 0 amide bonds. The Morgan fingerprint density at radius 1 is 0.440 bits per heavy atom. The molecule has 6 aromatic carbocycles. The molecule has 4 aromatic heterocycles. The molecular formula is C76H84N4O4. The molecular weight excluding hydrogens is 1030 g/mol. The number of para-hydroxylation sites is 4. The van der Waals surface area contributed by atoms with Crippen molar-refractivity contribution in [2.75, 3.05) is 0 Å². The number of benzene rings is 6. The lowest BCUT2D eigenvalue weighted by Crippen LogP contribution is -2.39. The number of hydrogen-bond donors (Lipinski definition) is 0. The van der Waals surface area contributed by atoms with E-state index in [0.717, 1.165) is 25.7 Å². The molecule has 2 fully saturated rings. The van der Waals surface area contributed by atoms with Gasteiger partial charge in [0.05, 0.1) is 23.9 Å². The number of carbonyl (C=O) groups is 2. The summed E-state index contributed by atoms with van der Waals surface area (Å²) < 4.78 is 22.9. The zero-order valence-corrected chi connectivity index (χ0v) is 50.9. The summed E-state index contributed by atoms with van der Waals surface area (Å²) in [4.78, 5) is 29.7. The van der Waals surface area contributed by atoms with Crippen LogP contribution in [0.3, 0.4) is 0 Å². The van der Waals surface area contributed by atoms with Crippen molar-refractivity contribution in [1.29, 1.82) is 0 Å². The molecule has 2 saturated carbocycles. The maximum atomic E-state index is 14.9. The van der Waals surface area contributed by atoms with Crippen molar-refractivity contribution < 1.29 is 19.1 Å². The van der Waals surface area contributed by atoms with Crippen LogP contribution in [0.2, 0.25) is 0 Å². The smallest absolute Gasteiger partial charge is 0.312 e. The molecule has 2 aliphatic carbocycles. The minimum Gasteiger partial charge on any atom is -0.462 e. The Morgan fingerprint density at radius 3 is 1.14 bits per heavy atom. The number of hydrogen-bond acceptors (Lipinski definition) is 4. The molecule has 0 bridgehead atoms. The minimum atomic E-state index is -0.374. The van der Waals surface area contributed by atoms with E-state index in [1.54, 1.807) is 0 Å². The Balaban J connectivity index is 0.000000157. The number of aromatic nitrogens is 4. The van der Waals surface area contributed by atoms with E-state index in [1.807, 2.05) is 0 Å². The van der Waals surface area contributed by atoms with E-state index in [4.69, 9.17) is 9.47 Å². The van der Waals surface area contributed by atoms with Gasteiger partial charge in [-0.2, -0.15) is 0 Å². The van der Waals surface area contributed by atoms with Crippen LogP contribution in [-0.2, 0) is 33.2 Å². The zero-order valence-electron chi connectivity index (χ0n) is 50.9. The van der Waals surface area contributed by atoms with Gasteiger partial charge in [-0.15, -0.1) is 0 Å². The minimum absolute atomic E-state index is 0.0383. The average Bonchev–Trinajstić information content (AvgIpc) is 1.66. The molecule has 84 heavy (non-hydrogen) atoms. The van der Waals surface area contributed by atoms with Gasteiger partial charge < -0.3 is 27.7 Å². The molecule has 6 heterocycles. The predicted molar refractivity (Wildman–Crippen MR) is 341 cm³/mol. The summed E-state index contributed by atoms with van der Waals surface area (Å²) in [6.07, 6.45) is 11.0. The van der Waals surface area contributed by atoms with Crippen LogP contribution in [0.25, 0.3) is 43.6 Å². The van der Waals surface area contributed by atoms with Gasteiger partial charge in [-0.3, -0.25) is 9.59 Å². The Hall–Kier alpha value is -7.58. The van der Waals surface area contributed by atoms with E-state index >= 15 is 0 Å². The largest absolute Gasteiger partial charge is 0.462 e. The molecule has 432 valence electrons. The van der Waals surface area contributed by atoms with E-state index in [0.29, 0.717) is 35.5 Å². The molecule has 4 aliphatic rings. The van der Waals surface area contributed by atoms with E-state index in [9.17, 15) is 9.59 Å². The fraction of sp³-hybridized carbons (Fsp3) is 0.395. The highest BCUT2D eigenvalue weighted by Gasteiger charge is 2.53. The van der Waals surface area contributed by atoms with E-state index in [-0.39, 0.29) is 59.9 Å². The Labute approximate surface area is 496 Å². The molecule has 0 radical (unpaired) electrons. The van der Waals surface area contributed by atoms with Crippen LogP contribution < -0.4 is 0 Å². The Bertz CT molecular complexity index is 3780. The molecule has 2 aliphatic heterocycles. The van der Waals surface area contributed by atoms with Gasteiger partial charge in [0.15, 0.2) is 0 Å². The molecule has 10 aromatic rings. The van der Waals surface area contributed by atoms with Crippen molar-refractivity contribution in [2.45, 2.75) is 130 Å². The first kappa shape index (κ1) is 55.6. The fourth-order valence-electron chi connectivity index (χ4n) is 16.7. The van der Waals surface area contributed by atoms with Crippen molar-refractivity contribution in [3.63, 3.8) is 0 Å². The molecule has 0 unspecified atom stereocenters. The molecule has 8 heteroatoms. The number of carbonyl (C=O) groups excluding carboxylic acids is 2. The third-order valence-electron chi connectivity index (χ3n) is 20.8. The summed E-state index contributed by atoms with van der Waals surface area (Å²) in [5, 5.41) is 4.91. The Morgan fingerprint density at radius 2 is 0.774 bits per heavy atom. The van der Waals surface area contributed by atoms with Gasteiger partial charge in [0.1, 0.15) is 12.2 Å². The maximum Gasteiger partial charge on any atom is 0.312 e. The lowest BCUT2D eigenvalue weighted by molar-refractivity contribution is -0.163. The average molecular weight is 1120 g/mol. The lowest BCUT2D eigenvalue weighted by atomic mass is 9.75. The standard InChI is InChI=1S/2C38H42N2O2/c2*1-23(2)27-20-19-24(3)21-33(27)42-38(41)35-34(26-13-7-6-8-14-26)36-25(4)28-15-9-12-18-32(28)40(36)37(35)30-22-39(5)31-17-11-10-16-29(30)31/h2*6-18,22-24,27,33-35,37H,19-21H2,1-5H3/t2*24-,27+,33-,34-,35-,37+/m11/s1. The molecule has 0 saturated heterocycles. The SMILES string of the molecule is Cc1c2n(c3ccccc13)[C@@H](c1cn(C)c3ccccc13)[C@H](C(=O)O[C@@H]1C[C@H](C)CC[C@H]1C(C)C)[C@H]2c1ccccc1.Cc1c2n(c3ccccc13)[C@@H](c1cn(C)c3ccccc13)[C@H](C(=O)O[C@@H]1C[C@H](C)CC[C@H]1C(C)C)[C@H]2c1ccccc1. The highest BCUT2D eigenvalue weighted by atomic mass is 16.5. The van der Waals surface area contributed by atoms with Crippen LogP contribution in [0.4, 0.5) is 0 Å². The number of fused-ring (bicyclic) bond motifs is 8. The van der Waals surface area contributed by atoms with Crippen LogP contribution in [0.1, 0.15) is 149 Å². The van der Waals surface area contributed by atoms with Crippen LogP contribution in [0.15, 0.2) is 170 Å². The third-order valence-corrected chi connectivity index (χ3v) is 20.8. The van der Waals surface area contributed by atoms with Crippen molar-refractivity contribution in [3.8, 4) is 0 Å². The zero-order chi connectivity index (χ0) is 58.2. The summed E-state index contributed by atoms with van der Waals surface area (Å²) in [5.41, 5.74) is 14.4. The summed E-state index contributed by atoms with van der Waals surface area (Å²) in [7, 11) is 4.22. The van der Waals surface area contributed by atoms with Gasteiger partial charge in [-0.25, -0.2) is 0 Å². The highest BCUT2D eigenvalue weighted by Crippen LogP contribution is 2.57. The fourth-order valence-corrected chi connectivity index (χ4v) is 16.7. The summed E-state index contributed by atoms with van der Waals surface area (Å²) in [6, 6.07) is 55.5. The quantitative estimate of drug-likeness (QED) is 0.128. The lowest BCUT2D eigenvalue weighted by Gasteiger charge is -2.38. The van der Waals surface area contributed by atoms with Crippen LogP contribution >= 0.6 is 0 Å². The van der Waals surface area contributed by atoms with Gasteiger partial charge in [0.2, 0.25) is 0 Å². The topological polar surface area (TPSA) is 72.3 Å². The number of nitrogens with zero attached hydrogens (tertiary/aromatic N) is 4. The van der Waals surface area contributed by atoms with Gasteiger partial charge in [0, 0.05) is 104 Å². The molecule has 14 rings (SSSR count). The van der Waals surface area contributed by atoms with Crippen molar-refractivity contribution in [1.82, 2.24) is 18.3 Å². The number of esters is 2. The first-order valence-electron chi connectivity index (χ1n) is 31.5. The second kappa shape index (κ2) is 22.4. The Kier molecular flexibility index (Phi) is 14.9. The van der Waals surface area contributed by atoms with E-state index < -0.39 is 0 Å². The van der Waals surface area contributed by atoms with Crippen molar-refractivity contribution in [3.05, 3.63) is 215 Å². The van der Waals surface area contributed by atoms with Gasteiger partial charge in [-0.1, -0.05) is 188 Å².